The molecule has 0 unspecified atom stereocenters. The molecule has 0 aliphatic carbocycles. The third-order valence-corrected chi connectivity index (χ3v) is 4.33. The zero-order chi connectivity index (χ0) is 16.9. The Balaban J connectivity index is 1.52. The van der Waals surface area contributed by atoms with Crippen molar-refractivity contribution in [1.82, 2.24) is 20.1 Å². The largest absolute Gasteiger partial charge is 0.384 e. The van der Waals surface area contributed by atoms with Gasteiger partial charge in [-0.3, -0.25) is 9.89 Å². The Hall–Kier alpha value is -2.57. The van der Waals surface area contributed by atoms with Gasteiger partial charge in [-0.05, 0) is 44.4 Å². The first-order valence-electron chi connectivity index (χ1n) is 8.37. The molecule has 3 rings (SSSR count). The van der Waals surface area contributed by atoms with Gasteiger partial charge in [-0.25, -0.2) is 4.98 Å². The number of aryl methyl sites for hydroxylation is 1. The lowest BCUT2D eigenvalue weighted by Gasteiger charge is -2.21. The Bertz CT molecular complexity index is 681. The van der Waals surface area contributed by atoms with Gasteiger partial charge in [0.2, 0.25) is 5.91 Å². The highest BCUT2D eigenvalue weighted by Gasteiger charge is 2.21. The summed E-state index contributed by atoms with van der Waals surface area (Å²) in [5.41, 5.74) is 8.37. The van der Waals surface area contributed by atoms with E-state index in [0.29, 0.717) is 18.3 Å². The normalized spacial score (nSPS) is 18.2. The van der Waals surface area contributed by atoms with Gasteiger partial charge in [0.05, 0.1) is 24.0 Å². The molecule has 0 bridgehead atoms. The summed E-state index contributed by atoms with van der Waals surface area (Å²) in [5, 5.41) is 10.5. The number of aromatic amines is 1. The number of amides is 1. The molecule has 2 aromatic rings. The molecule has 4 N–H and O–H groups in total. The van der Waals surface area contributed by atoms with E-state index in [-0.39, 0.29) is 5.91 Å². The first-order chi connectivity index (χ1) is 11.6. The monoisotopic (exact) mass is 328 g/mol. The van der Waals surface area contributed by atoms with Crippen LogP contribution in [0.4, 0.5) is 11.5 Å². The van der Waals surface area contributed by atoms with Crippen LogP contribution in [0.2, 0.25) is 0 Å². The SMILES string of the molecule is Cc1cc(CC(=O)N2CCC[C@H](Nc3ccc(N)nc3)CC2)n[nH]1. The number of likely N-dealkylation sites (tertiary alicyclic amines) is 1. The molecule has 1 fully saturated rings. The second-order valence-electron chi connectivity index (χ2n) is 6.34. The van der Waals surface area contributed by atoms with Crippen LogP contribution in [0.25, 0.3) is 0 Å². The molecule has 1 atom stereocenters. The lowest BCUT2D eigenvalue weighted by atomic mass is 10.1. The third kappa shape index (κ3) is 4.24. The second-order valence-corrected chi connectivity index (χ2v) is 6.34. The van der Waals surface area contributed by atoms with Crippen molar-refractivity contribution in [1.29, 1.82) is 0 Å². The molecule has 1 saturated heterocycles. The Kier molecular flexibility index (Phi) is 4.98. The average molecular weight is 328 g/mol. The quantitative estimate of drug-likeness (QED) is 0.794. The summed E-state index contributed by atoms with van der Waals surface area (Å²) in [4.78, 5) is 18.5. The van der Waals surface area contributed by atoms with Crippen molar-refractivity contribution >= 4 is 17.4 Å². The van der Waals surface area contributed by atoms with Gasteiger partial charge in [0.1, 0.15) is 5.82 Å². The molecule has 0 spiro atoms. The van der Waals surface area contributed by atoms with Crippen molar-refractivity contribution in [3.63, 3.8) is 0 Å². The van der Waals surface area contributed by atoms with E-state index in [9.17, 15) is 4.79 Å². The molecule has 3 heterocycles. The van der Waals surface area contributed by atoms with Crippen molar-refractivity contribution in [2.24, 2.45) is 0 Å². The molecular weight excluding hydrogens is 304 g/mol. The maximum atomic E-state index is 12.5. The molecule has 0 saturated carbocycles. The minimum Gasteiger partial charge on any atom is -0.384 e. The van der Waals surface area contributed by atoms with Gasteiger partial charge in [0.15, 0.2) is 0 Å². The number of nitrogens with zero attached hydrogens (tertiary/aromatic N) is 3. The zero-order valence-corrected chi connectivity index (χ0v) is 14.0. The predicted molar refractivity (Wildman–Crippen MR) is 93.5 cm³/mol. The van der Waals surface area contributed by atoms with E-state index in [1.807, 2.05) is 24.0 Å². The topological polar surface area (TPSA) is 99.9 Å². The summed E-state index contributed by atoms with van der Waals surface area (Å²) in [6, 6.07) is 6.01. The minimum absolute atomic E-state index is 0.149. The van der Waals surface area contributed by atoms with Crippen LogP contribution in [0.5, 0.6) is 0 Å². The van der Waals surface area contributed by atoms with Crippen LogP contribution in [0.15, 0.2) is 24.4 Å². The maximum absolute atomic E-state index is 12.5. The molecule has 128 valence electrons. The van der Waals surface area contributed by atoms with Crippen LogP contribution >= 0.6 is 0 Å². The van der Waals surface area contributed by atoms with Crippen LogP contribution in [-0.4, -0.2) is 45.1 Å². The molecule has 7 heteroatoms. The van der Waals surface area contributed by atoms with E-state index >= 15 is 0 Å². The second kappa shape index (κ2) is 7.33. The summed E-state index contributed by atoms with van der Waals surface area (Å²) >= 11 is 0. The van der Waals surface area contributed by atoms with Gasteiger partial charge >= 0.3 is 0 Å². The van der Waals surface area contributed by atoms with Crippen LogP contribution < -0.4 is 11.1 Å². The highest BCUT2D eigenvalue weighted by Crippen LogP contribution is 2.17. The molecule has 0 aromatic carbocycles. The molecule has 1 aliphatic rings. The highest BCUT2D eigenvalue weighted by molar-refractivity contribution is 5.78. The van der Waals surface area contributed by atoms with E-state index in [1.54, 1.807) is 12.3 Å². The molecule has 24 heavy (non-hydrogen) atoms. The molecular formula is C17H24N6O. The number of nitrogens with two attached hydrogens (primary N) is 1. The number of nitrogen functional groups attached to an aromatic ring is 1. The van der Waals surface area contributed by atoms with Crippen molar-refractivity contribution < 1.29 is 4.79 Å². The van der Waals surface area contributed by atoms with Gasteiger partial charge in [0, 0.05) is 24.8 Å². The third-order valence-electron chi connectivity index (χ3n) is 4.33. The van der Waals surface area contributed by atoms with Crippen LogP contribution in [0.3, 0.4) is 0 Å². The van der Waals surface area contributed by atoms with E-state index in [2.05, 4.69) is 20.5 Å². The number of rotatable bonds is 4. The zero-order valence-electron chi connectivity index (χ0n) is 14.0. The van der Waals surface area contributed by atoms with E-state index in [1.165, 1.54) is 0 Å². The fourth-order valence-corrected chi connectivity index (χ4v) is 3.05. The van der Waals surface area contributed by atoms with Gasteiger partial charge in [-0.15, -0.1) is 0 Å². The first-order valence-corrected chi connectivity index (χ1v) is 8.37. The Labute approximate surface area is 141 Å². The van der Waals surface area contributed by atoms with Gasteiger partial charge in [0.25, 0.3) is 0 Å². The maximum Gasteiger partial charge on any atom is 0.228 e. The van der Waals surface area contributed by atoms with Gasteiger partial charge < -0.3 is 16.0 Å². The molecule has 2 aromatic heterocycles. The summed E-state index contributed by atoms with van der Waals surface area (Å²) in [6.45, 7) is 3.51. The number of carbonyl (C=O) groups is 1. The lowest BCUT2D eigenvalue weighted by molar-refractivity contribution is -0.130. The predicted octanol–water partition coefficient (Wildman–Crippen LogP) is 1.73. The smallest absolute Gasteiger partial charge is 0.228 e. The fourth-order valence-electron chi connectivity index (χ4n) is 3.05. The van der Waals surface area contributed by atoms with Crippen molar-refractivity contribution in [3.05, 3.63) is 35.8 Å². The van der Waals surface area contributed by atoms with Crippen molar-refractivity contribution in [2.45, 2.75) is 38.6 Å². The van der Waals surface area contributed by atoms with Crippen molar-refractivity contribution in [3.8, 4) is 0 Å². The molecule has 7 nitrogen and oxygen atoms in total. The number of pyridine rings is 1. The van der Waals surface area contributed by atoms with E-state index in [0.717, 1.165) is 49.4 Å². The lowest BCUT2D eigenvalue weighted by Crippen LogP contribution is -2.34. The number of hydrogen-bond donors (Lipinski definition) is 3. The number of hydrogen-bond acceptors (Lipinski definition) is 5. The Morgan fingerprint density at radius 2 is 2.29 bits per heavy atom. The van der Waals surface area contributed by atoms with Gasteiger partial charge in [-0.2, -0.15) is 5.10 Å². The van der Waals surface area contributed by atoms with Crippen LogP contribution in [0, 0.1) is 6.92 Å². The van der Waals surface area contributed by atoms with Crippen LogP contribution in [-0.2, 0) is 11.2 Å². The summed E-state index contributed by atoms with van der Waals surface area (Å²) in [7, 11) is 0. The fraction of sp³-hybridized carbons (Fsp3) is 0.471. The number of aromatic nitrogens is 3. The molecule has 1 aliphatic heterocycles. The number of anilines is 2. The molecule has 1 amide bonds. The minimum atomic E-state index is 0.149. The number of H-pyrrole nitrogens is 1. The summed E-state index contributed by atoms with van der Waals surface area (Å²) < 4.78 is 0. The number of carbonyl (C=O) groups excluding carboxylic acids is 1. The first kappa shape index (κ1) is 16.3. The van der Waals surface area contributed by atoms with E-state index in [4.69, 9.17) is 5.73 Å². The highest BCUT2D eigenvalue weighted by atomic mass is 16.2. The van der Waals surface area contributed by atoms with E-state index < -0.39 is 0 Å². The Morgan fingerprint density at radius 3 is 3.00 bits per heavy atom. The Morgan fingerprint density at radius 1 is 1.42 bits per heavy atom. The van der Waals surface area contributed by atoms with Crippen LogP contribution in [0.1, 0.15) is 30.7 Å². The molecule has 0 radical (unpaired) electrons. The standard InChI is InChI=1S/C17H24N6O/c1-12-9-15(22-21-12)10-17(24)23-7-2-3-13(6-8-23)20-14-4-5-16(18)19-11-14/h4-5,9,11,13,20H,2-3,6-8,10H2,1H3,(H2,18,19)(H,21,22)/t13-/m0/s1. The average Bonchev–Trinajstić information content (AvgIpc) is 2.83. The van der Waals surface area contributed by atoms with Crippen molar-refractivity contribution in [2.75, 3.05) is 24.1 Å². The summed E-state index contributed by atoms with van der Waals surface area (Å²) in [6.07, 6.45) is 5.07. The van der Waals surface area contributed by atoms with Gasteiger partial charge in [-0.1, -0.05) is 0 Å². The number of nitrogens with one attached hydrogen (secondary N) is 2. The summed E-state index contributed by atoms with van der Waals surface area (Å²) in [5.74, 6) is 0.670.